The molecule has 1 aliphatic rings. The lowest BCUT2D eigenvalue weighted by molar-refractivity contribution is -0.384. The number of fused-ring (bicyclic) bond motifs is 1. The molecule has 0 saturated heterocycles. The van der Waals surface area contributed by atoms with E-state index in [0.29, 0.717) is 18.0 Å². The molecular formula is C21H25N3O6S. The largest absolute Gasteiger partial charge is 0.490 e. The number of non-ortho nitro benzene ring substituents is 1. The molecule has 1 aliphatic heterocycles. The lowest BCUT2D eigenvalue weighted by Crippen LogP contribution is -2.43. The van der Waals surface area contributed by atoms with E-state index in [4.69, 9.17) is 4.74 Å². The number of nitrogens with one attached hydrogen (secondary N) is 1. The molecule has 0 spiro atoms. The van der Waals surface area contributed by atoms with Gasteiger partial charge in [-0.2, -0.15) is 0 Å². The maximum atomic E-state index is 13.1. The Morgan fingerprint density at radius 2 is 1.84 bits per heavy atom. The number of hydrogen-bond donors (Lipinski definition) is 1. The average Bonchev–Trinajstić information content (AvgIpc) is 2.78. The molecule has 0 unspecified atom stereocenters. The molecule has 0 fully saturated rings. The Hall–Kier alpha value is -3.14. The first-order valence-electron chi connectivity index (χ1n) is 9.77. The fourth-order valence-electron chi connectivity index (χ4n) is 3.22. The Morgan fingerprint density at radius 3 is 2.42 bits per heavy atom. The Labute approximate surface area is 181 Å². The predicted molar refractivity (Wildman–Crippen MR) is 117 cm³/mol. The van der Waals surface area contributed by atoms with E-state index in [9.17, 15) is 23.3 Å². The smallest absolute Gasteiger partial charge is 0.269 e. The normalized spacial score (nSPS) is 15.8. The van der Waals surface area contributed by atoms with Crippen LogP contribution < -0.4 is 14.4 Å². The van der Waals surface area contributed by atoms with Crippen LogP contribution >= 0.6 is 0 Å². The summed E-state index contributed by atoms with van der Waals surface area (Å²) in [6, 6.07) is 9.35. The molecule has 166 valence electrons. The number of sulfonamides is 1. The Kier molecular flexibility index (Phi) is 5.95. The summed E-state index contributed by atoms with van der Waals surface area (Å²) in [4.78, 5) is 24.8. The molecule has 3 rings (SSSR count). The van der Waals surface area contributed by atoms with Crippen molar-refractivity contribution in [3.05, 3.63) is 52.6 Å². The molecule has 1 amide bonds. The molecule has 2 aromatic carbocycles. The fourth-order valence-corrected chi connectivity index (χ4v) is 4.27. The van der Waals surface area contributed by atoms with Crippen LogP contribution in [-0.2, 0) is 14.8 Å². The van der Waals surface area contributed by atoms with Crippen molar-refractivity contribution in [1.82, 2.24) is 0 Å². The second kappa shape index (κ2) is 8.18. The van der Waals surface area contributed by atoms with Gasteiger partial charge in [0.1, 0.15) is 12.4 Å². The molecule has 0 aromatic heterocycles. The van der Waals surface area contributed by atoms with Crippen molar-refractivity contribution in [2.75, 3.05) is 22.8 Å². The van der Waals surface area contributed by atoms with Crippen LogP contribution in [0, 0.1) is 21.4 Å². The summed E-state index contributed by atoms with van der Waals surface area (Å²) in [5.74, 6) is 0.583. The zero-order valence-electron chi connectivity index (χ0n) is 17.8. The van der Waals surface area contributed by atoms with Gasteiger partial charge in [-0.3, -0.25) is 19.6 Å². The zero-order valence-corrected chi connectivity index (χ0v) is 18.6. The summed E-state index contributed by atoms with van der Waals surface area (Å²) < 4.78 is 33.8. The average molecular weight is 448 g/mol. The number of hydrogen-bond acceptors (Lipinski definition) is 6. The second-order valence-corrected chi connectivity index (χ2v) is 10.2. The van der Waals surface area contributed by atoms with Crippen LogP contribution in [0.25, 0.3) is 0 Å². The van der Waals surface area contributed by atoms with E-state index in [1.165, 1.54) is 12.1 Å². The van der Waals surface area contributed by atoms with Gasteiger partial charge in [-0.25, -0.2) is 8.42 Å². The van der Waals surface area contributed by atoms with Gasteiger partial charge in [0, 0.05) is 18.7 Å². The van der Waals surface area contributed by atoms with E-state index in [2.05, 4.69) is 4.72 Å². The highest BCUT2D eigenvalue weighted by Gasteiger charge is 2.38. The Morgan fingerprint density at radius 1 is 1.19 bits per heavy atom. The van der Waals surface area contributed by atoms with Crippen LogP contribution in [0.5, 0.6) is 5.75 Å². The number of amides is 1. The van der Waals surface area contributed by atoms with Crippen LogP contribution in [-0.4, -0.2) is 32.4 Å². The zero-order chi connectivity index (χ0) is 23.0. The summed E-state index contributed by atoms with van der Waals surface area (Å²) in [7, 11) is -3.99. The third-order valence-electron chi connectivity index (χ3n) is 4.82. The molecule has 1 N–H and O–H groups in total. The van der Waals surface area contributed by atoms with E-state index in [1.54, 1.807) is 23.1 Å². The topological polar surface area (TPSA) is 119 Å². The van der Waals surface area contributed by atoms with Crippen molar-refractivity contribution in [2.45, 2.75) is 32.6 Å². The van der Waals surface area contributed by atoms with Gasteiger partial charge in [0.25, 0.3) is 15.7 Å². The summed E-state index contributed by atoms with van der Waals surface area (Å²) in [5.41, 5.74) is -0.187. The molecule has 31 heavy (non-hydrogen) atoms. The minimum absolute atomic E-state index is 0.102. The number of nitro groups is 1. The fraction of sp³-hybridized carbons (Fsp3) is 0.381. The summed E-state index contributed by atoms with van der Waals surface area (Å²) in [6.07, 6.45) is 0. The van der Waals surface area contributed by atoms with E-state index < -0.39 is 20.4 Å². The minimum Gasteiger partial charge on any atom is -0.490 e. The molecule has 0 aliphatic carbocycles. The highest BCUT2D eigenvalue weighted by molar-refractivity contribution is 7.92. The van der Waals surface area contributed by atoms with Gasteiger partial charge in [-0.1, -0.05) is 13.8 Å². The van der Waals surface area contributed by atoms with Gasteiger partial charge < -0.3 is 9.64 Å². The lowest BCUT2D eigenvalue weighted by Gasteiger charge is -2.29. The van der Waals surface area contributed by atoms with Gasteiger partial charge in [0.15, 0.2) is 0 Å². The standard InChI is InChI=1S/C21H25N3O6S/c1-14(2)12-23-18-11-15(5-10-19(18)30-13-21(3,4)20(23)25)22-31(28,29)17-8-6-16(7-9-17)24(26)27/h5-11,14,22H,12-13H2,1-4H3. The maximum absolute atomic E-state index is 13.1. The summed E-state index contributed by atoms with van der Waals surface area (Å²) >= 11 is 0. The van der Waals surface area contributed by atoms with Crippen LogP contribution in [0.1, 0.15) is 27.7 Å². The molecular weight excluding hydrogens is 422 g/mol. The first-order chi connectivity index (χ1) is 14.4. The van der Waals surface area contributed by atoms with Crippen molar-refractivity contribution in [1.29, 1.82) is 0 Å². The first-order valence-corrected chi connectivity index (χ1v) is 11.2. The highest BCUT2D eigenvalue weighted by atomic mass is 32.2. The number of rotatable bonds is 6. The third-order valence-corrected chi connectivity index (χ3v) is 6.22. The molecule has 10 heteroatoms. The predicted octanol–water partition coefficient (Wildman–Crippen LogP) is 3.80. The molecule has 9 nitrogen and oxygen atoms in total. The molecule has 0 bridgehead atoms. The van der Waals surface area contributed by atoms with Crippen LogP contribution in [0.4, 0.5) is 17.1 Å². The van der Waals surface area contributed by atoms with Gasteiger partial charge in [0.05, 0.1) is 26.6 Å². The summed E-state index contributed by atoms with van der Waals surface area (Å²) in [6.45, 7) is 8.28. The van der Waals surface area contributed by atoms with E-state index in [-0.39, 0.29) is 34.7 Å². The molecule has 2 aromatic rings. The SMILES string of the molecule is CC(C)CN1C(=O)C(C)(C)COc2ccc(NS(=O)(=O)c3ccc([N+](=O)[O-])cc3)cc21. The van der Waals surface area contributed by atoms with Gasteiger partial charge in [-0.05, 0) is 50.1 Å². The number of nitrogens with zero attached hydrogens (tertiary/aromatic N) is 2. The number of ether oxygens (including phenoxy) is 1. The van der Waals surface area contributed by atoms with Crippen molar-refractivity contribution >= 4 is 33.0 Å². The van der Waals surface area contributed by atoms with Crippen LogP contribution in [0.2, 0.25) is 0 Å². The van der Waals surface area contributed by atoms with Crippen molar-refractivity contribution < 1.29 is 22.9 Å². The summed E-state index contributed by atoms with van der Waals surface area (Å²) in [5, 5.41) is 10.8. The number of carbonyl (C=O) groups is 1. The Bertz CT molecular complexity index is 1110. The maximum Gasteiger partial charge on any atom is 0.269 e. The van der Waals surface area contributed by atoms with Gasteiger partial charge in [-0.15, -0.1) is 0 Å². The third kappa shape index (κ3) is 4.79. The molecule has 0 saturated carbocycles. The van der Waals surface area contributed by atoms with E-state index in [1.807, 2.05) is 27.7 Å². The van der Waals surface area contributed by atoms with Gasteiger partial charge in [0.2, 0.25) is 5.91 Å². The second-order valence-electron chi connectivity index (χ2n) is 8.52. The van der Waals surface area contributed by atoms with Crippen LogP contribution in [0.15, 0.2) is 47.4 Å². The lowest BCUT2D eigenvalue weighted by atomic mass is 9.92. The number of benzene rings is 2. The van der Waals surface area contributed by atoms with Crippen LogP contribution in [0.3, 0.4) is 0 Å². The van der Waals surface area contributed by atoms with Gasteiger partial charge >= 0.3 is 0 Å². The van der Waals surface area contributed by atoms with Crippen molar-refractivity contribution in [3.63, 3.8) is 0 Å². The number of nitro benzene ring substituents is 1. The number of anilines is 2. The highest BCUT2D eigenvalue weighted by Crippen LogP contribution is 2.39. The quantitative estimate of drug-likeness (QED) is 0.531. The minimum atomic E-state index is -3.99. The van der Waals surface area contributed by atoms with Crippen molar-refractivity contribution in [2.24, 2.45) is 11.3 Å². The van der Waals surface area contributed by atoms with E-state index >= 15 is 0 Å². The van der Waals surface area contributed by atoms with Crippen molar-refractivity contribution in [3.8, 4) is 5.75 Å². The molecule has 0 radical (unpaired) electrons. The first kappa shape index (κ1) is 22.5. The molecule has 1 heterocycles. The van der Waals surface area contributed by atoms with E-state index in [0.717, 1.165) is 12.1 Å². The Balaban J connectivity index is 1.96. The monoisotopic (exact) mass is 447 g/mol. The number of carbonyl (C=O) groups excluding carboxylic acids is 1. The molecule has 0 atom stereocenters.